The van der Waals surface area contributed by atoms with Crippen molar-refractivity contribution in [3.8, 4) is 0 Å². The molecular weight excluding hydrogens is 336 g/mol. The van der Waals surface area contributed by atoms with Gasteiger partial charge in [0.25, 0.3) is 0 Å². The number of aromatic amines is 1. The molecule has 1 unspecified atom stereocenters. The third-order valence-corrected chi connectivity index (χ3v) is 5.25. The average Bonchev–Trinajstić information content (AvgIpc) is 3.09. The van der Waals surface area contributed by atoms with Crippen molar-refractivity contribution in [1.82, 2.24) is 24.8 Å². The van der Waals surface area contributed by atoms with E-state index in [0.717, 1.165) is 60.1 Å². The summed E-state index contributed by atoms with van der Waals surface area (Å²) < 4.78 is 0. The van der Waals surface area contributed by atoms with Gasteiger partial charge in [0.2, 0.25) is 0 Å². The van der Waals surface area contributed by atoms with E-state index in [-0.39, 0.29) is 0 Å². The molecule has 1 saturated heterocycles. The molecule has 1 aromatic carbocycles. The highest BCUT2D eigenvalue weighted by molar-refractivity contribution is 5.74. The molecule has 0 aliphatic carbocycles. The lowest BCUT2D eigenvalue weighted by Crippen LogP contribution is -2.42. The van der Waals surface area contributed by atoms with E-state index in [2.05, 4.69) is 49.2 Å². The maximum atomic E-state index is 4.66. The molecule has 27 heavy (non-hydrogen) atoms. The number of fused-ring (bicyclic) bond motifs is 1. The lowest BCUT2D eigenvalue weighted by Gasteiger charge is -2.32. The fourth-order valence-corrected chi connectivity index (χ4v) is 3.87. The van der Waals surface area contributed by atoms with E-state index in [0.29, 0.717) is 6.04 Å². The highest BCUT2D eigenvalue weighted by Crippen LogP contribution is 2.17. The summed E-state index contributed by atoms with van der Waals surface area (Å²) in [7, 11) is 0. The molecule has 1 fully saturated rings. The van der Waals surface area contributed by atoms with Crippen molar-refractivity contribution >= 4 is 16.9 Å². The van der Waals surface area contributed by atoms with Gasteiger partial charge in [0.1, 0.15) is 17.5 Å². The quantitative estimate of drug-likeness (QED) is 0.702. The first-order valence-electron chi connectivity index (χ1n) is 9.96. The SMILES string of the molecule is CCN1CCCC(Nc2cc(CCc3nc4ccccc4[nH]3)nc(C)n2)C1. The molecule has 6 heteroatoms. The van der Waals surface area contributed by atoms with Crippen molar-refractivity contribution in [2.24, 2.45) is 0 Å². The van der Waals surface area contributed by atoms with Gasteiger partial charge in [-0.05, 0) is 51.4 Å². The number of likely N-dealkylation sites (N-methyl/N-ethyl adjacent to an activating group) is 1. The molecule has 4 rings (SSSR count). The van der Waals surface area contributed by atoms with Gasteiger partial charge in [-0.3, -0.25) is 0 Å². The molecule has 0 radical (unpaired) electrons. The molecule has 0 amide bonds. The second kappa shape index (κ2) is 8.05. The standard InChI is InChI=1S/C21H28N6/c1-3-27-12-6-7-17(14-27)24-21-13-16(22-15(2)23-21)10-11-20-25-18-8-4-5-9-19(18)26-20/h4-5,8-9,13,17H,3,6-7,10-12,14H2,1-2H3,(H,25,26)(H,22,23,24). The molecule has 2 aromatic heterocycles. The van der Waals surface area contributed by atoms with Crippen molar-refractivity contribution in [2.45, 2.75) is 45.6 Å². The van der Waals surface area contributed by atoms with Crippen molar-refractivity contribution in [3.63, 3.8) is 0 Å². The zero-order valence-electron chi connectivity index (χ0n) is 16.2. The normalized spacial score (nSPS) is 18.1. The predicted octanol–water partition coefficient (Wildman–Crippen LogP) is 3.34. The first-order valence-corrected chi connectivity index (χ1v) is 9.96. The Bertz CT molecular complexity index is 870. The minimum atomic E-state index is 0.469. The van der Waals surface area contributed by atoms with Gasteiger partial charge in [-0.2, -0.15) is 0 Å². The molecule has 3 heterocycles. The van der Waals surface area contributed by atoms with Crippen LogP contribution in [-0.2, 0) is 12.8 Å². The van der Waals surface area contributed by atoms with E-state index in [9.17, 15) is 0 Å². The van der Waals surface area contributed by atoms with Crippen LogP contribution in [0.1, 0.15) is 37.1 Å². The highest BCUT2D eigenvalue weighted by Gasteiger charge is 2.19. The Morgan fingerprint density at radius 2 is 2.07 bits per heavy atom. The van der Waals surface area contributed by atoms with Crippen LogP contribution in [0.5, 0.6) is 0 Å². The zero-order chi connectivity index (χ0) is 18.6. The maximum absolute atomic E-state index is 4.66. The summed E-state index contributed by atoms with van der Waals surface area (Å²) in [6, 6.07) is 10.7. The van der Waals surface area contributed by atoms with Crippen molar-refractivity contribution in [3.05, 3.63) is 47.7 Å². The smallest absolute Gasteiger partial charge is 0.130 e. The third kappa shape index (κ3) is 4.45. The van der Waals surface area contributed by atoms with E-state index >= 15 is 0 Å². The lowest BCUT2D eigenvalue weighted by atomic mass is 10.1. The summed E-state index contributed by atoms with van der Waals surface area (Å²) in [6.07, 6.45) is 4.14. The van der Waals surface area contributed by atoms with Gasteiger partial charge in [-0.25, -0.2) is 15.0 Å². The third-order valence-electron chi connectivity index (χ3n) is 5.25. The number of hydrogen-bond donors (Lipinski definition) is 2. The number of hydrogen-bond acceptors (Lipinski definition) is 5. The molecule has 1 aliphatic heterocycles. The summed E-state index contributed by atoms with van der Waals surface area (Å²) in [5, 5.41) is 3.63. The van der Waals surface area contributed by atoms with Crippen LogP contribution < -0.4 is 5.32 Å². The molecule has 6 nitrogen and oxygen atoms in total. The minimum Gasteiger partial charge on any atom is -0.366 e. The number of nitrogens with one attached hydrogen (secondary N) is 2. The first-order chi connectivity index (χ1) is 13.2. The van der Waals surface area contributed by atoms with Crippen LogP contribution >= 0.6 is 0 Å². The number of nitrogens with zero attached hydrogens (tertiary/aromatic N) is 4. The minimum absolute atomic E-state index is 0.469. The van der Waals surface area contributed by atoms with E-state index in [1.165, 1.54) is 19.4 Å². The van der Waals surface area contributed by atoms with Gasteiger partial charge in [0, 0.05) is 30.8 Å². The highest BCUT2D eigenvalue weighted by atomic mass is 15.2. The summed E-state index contributed by atoms with van der Waals surface area (Å²) in [6.45, 7) is 7.61. The lowest BCUT2D eigenvalue weighted by molar-refractivity contribution is 0.226. The second-order valence-electron chi connectivity index (χ2n) is 7.37. The molecule has 1 atom stereocenters. The van der Waals surface area contributed by atoms with Gasteiger partial charge in [-0.1, -0.05) is 19.1 Å². The summed E-state index contributed by atoms with van der Waals surface area (Å²) in [5.41, 5.74) is 3.17. The number of benzene rings is 1. The molecule has 142 valence electrons. The Kier molecular flexibility index (Phi) is 5.34. The number of anilines is 1. The number of aromatic nitrogens is 4. The summed E-state index contributed by atoms with van der Waals surface area (Å²) in [4.78, 5) is 19.8. The van der Waals surface area contributed by atoms with E-state index < -0.39 is 0 Å². The Morgan fingerprint density at radius 3 is 2.93 bits per heavy atom. The number of aryl methyl sites for hydroxylation is 3. The molecule has 1 aliphatic rings. The van der Waals surface area contributed by atoms with Crippen LogP contribution in [0.4, 0.5) is 5.82 Å². The molecule has 3 aromatic rings. The first kappa shape index (κ1) is 17.9. The Morgan fingerprint density at radius 1 is 1.19 bits per heavy atom. The van der Waals surface area contributed by atoms with E-state index in [4.69, 9.17) is 0 Å². The van der Waals surface area contributed by atoms with Crippen LogP contribution in [0.15, 0.2) is 30.3 Å². The van der Waals surface area contributed by atoms with Gasteiger partial charge in [-0.15, -0.1) is 0 Å². The fourth-order valence-electron chi connectivity index (χ4n) is 3.87. The van der Waals surface area contributed by atoms with Crippen LogP contribution in [0.25, 0.3) is 11.0 Å². The van der Waals surface area contributed by atoms with Crippen LogP contribution in [0.3, 0.4) is 0 Å². The fraction of sp³-hybridized carbons (Fsp3) is 0.476. The Hall–Kier alpha value is -2.47. The van der Waals surface area contributed by atoms with Gasteiger partial charge < -0.3 is 15.2 Å². The zero-order valence-corrected chi connectivity index (χ0v) is 16.2. The van der Waals surface area contributed by atoms with Crippen LogP contribution in [-0.4, -0.2) is 50.5 Å². The largest absolute Gasteiger partial charge is 0.366 e. The van der Waals surface area contributed by atoms with E-state index in [1.54, 1.807) is 0 Å². The number of likely N-dealkylation sites (tertiary alicyclic amines) is 1. The van der Waals surface area contributed by atoms with Crippen molar-refractivity contribution in [2.75, 3.05) is 25.0 Å². The molecular formula is C21H28N6. The molecule has 0 spiro atoms. The number of rotatable bonds is 6. The van der Waals surface area contributed by atoms with Crippen LogP contribution in [0.2, 0.25) is 0 Å². The number of para-hydroxylation sites is 2. The molecule has 0 saturated carbocycles. The molecule has 2 N–H and O–H groups in total. The van der Waals surface area contributed by atoms with Gasteiger partial charge >= 0.3 is 0 Å². The Balaban J connectivity index is 1.42. The summed E-state index contributed by atoms with van der Waals surface area (Å²) >= 11 is 0. The van der Waals surface area contributed by atoms with Gasteiger partial charge in [0.15, 0.2) is 0 Å². The maximum Gasteiger partial charge on any atom is 0.130 e. The molecule has 0 bridgehead atoms. The topological polar surface area (TPSA) is 69.7 Å². The van der Waals surface area contributed by atoms with Crippen LogP contribution in [0, 0.1) is 6.92 Å². The average molecular weight is 364 g/mol. The predicted molar refractivity (Wildman–Crippen MR) is 109 cm³/mol. The second-order valence-corrected chi connectivity index (χ2v) is 7.37. The number of piperidine rings is 1. The van der Waals surface area contributed by atoms with Gasteiger partial charge in [0.05, 0.1) is 11.0 Å². The number of H-pyrrole nitrogens is 1. The Labute approximate surface area is 160 Å². The van der Waals surface area contributed by atoms with Crippen molar-refractivity contribution in [1.29, 1.82) is 0 Å². The van der Waals surface area contributed by atoms with E-state index in [1.807, 2.05) is 25.1 Å². The summed E-state index contributed by atoms with van der Waals surface area (Å²) in [5.74, 6) is 2.78. The van der Waals surface area contributed by atoms with Crippen molar-refractivity contribution < 1.29 is 0 Å². The number of imidazole rings is 1. The monoisotopic (exact) mass is 364 g/mol.